The summed E-state index contributed by atoms with van der Waals surface area (Å²) < 4.78 is 26.9. The lowest BCUT2D eigenvalue weighted by Gasteiger charge is -2.06. The molecular formula is C12H10ClF2N3. The molecule has 2 N–H and O–H groups in total. The number of halogens is 3. The third-order valence-electron chi connectivity index (χ3n) is 2.47. The Morgan fingerprint density at radius 1 is 1.22 bits per heavy atom. The predicted octanol–water partition coefficient (Wildman–Crippen LogP) is 2.89. The van der Waals surface area contributed by atoms with E-state index in [-0.39, 0.29) is 28.8 Å². The molecule has 1 aromatic heterocycles. The molecule has 0 fully saturated rings. The van der Waals surface area contributed by atoms with Gasteiger partial charge in [0.2, 0.25) is 0 Å². The Bertz CT molecular complexity index is 579. The molecule has 2 aromatic rings. The summed E-state index contributed by atoms with van der Waals surface area (Å²) in [5.41, 5.74) is 5.88. The third kappa shape index (κ3) is 2.41. The second-order valence-electron chi connectivity index (χ2n) is 3.81. The topological polar surface area (TPSA) is 51.8 Å². The van der Waals surface area contributed by atoms with E-state index in [0.717, 1.165) is 0 Å². The first-order valence-corrected chi connectivity index (χ1v) is 5.58. The average Bonchev–Trinajstić information content (AvgIpc) is 2.32. The molecular weight excluding hydrogens is 260 g/mol. The van der Waals surface area contributed by atoms with Crippen LogP contribution in [0.3, 0.4) is 0 Å². The maximum atomic E-state index is 13.7. The van der Waals surface area contributed by atoms with Gasteiger partial charge in [-0.2, -0.15) is 0 Å². The number of anilines is 1. The van der Waals surface area contributed by atoms with Gasteiger partial charge in [0.1, 0.15) is 11.6 Å². The van der Waals surface area contributed by atoms with E-state index in [1.807, 2.05) is 0 Å². The fourth-order valence-corrected chi connectivity index (χ4v) is 1.77. The summed E-state index contributed by atoms with van der Waals surface area (Å²) in [6.45, 7) is 1.48. The molecule has 0 atom stereocenters. The van der Waals surface area contributed by atoms with E-state index in [1.165, 1.54) is 13.0 Å². The Hall–Kier alpha value is -1.75. The molecule has 0 unspecified atom stereocenters. The summed E-state index contributed by atoms with van der Waals surface area (Å²) in [6.07, 6.45) is 0.109. The Morgan fingerprint density at radius 3 is 2.61 bits per heavy atom. The van der Waals surface area contributed by atoms with Crippen LogP contribution >= 0.6 is 11.6 Å². The maximum absolute atomic E-state index is 13.7. The van der Waals surface area contributed by atoms with Crippen LogP contribution in [-0.2, 0) is 6.42 Å². The van der Waals surface area contributed by atoms with Crippen LogP contribution in [0.1, 0.15) is 17.1 Å². The van der Waals surface area contributed by atoms with Crippen LogP contribution in [0.2, 0.25) is 5.02 Å². The highest BCUT2D eigenvalue weighted by Gasteiger charge is 2.12. The zero-order valence-corrected chi connectivity index (χ0v) is 10.3. The van der Waals surface area contributed by atoms with E-state index in [1.54, 1.807) is 12.1 Å². The highest BCUT2D eigenvalue weighted by Crippen LogP contribution is 2.20. The molecule has 0 aliphatic carbocycles. The number of rotatable bonds is 2. The molecule has 6 heteroatoms. The van der Waals surface area contributed by atoms with Gasteiger partial charge >= 0.3 is 0 Å². The van der Waals surface area contributed by atoms with Gasteiger partial charge in [-0.25, -0.2) is 18.7 Å². The molecule has 94 valence electrons. The molecule has 0 saturated heterocycles. The SMILES string of the molecule is Cc1nc(Cc2cccc(Cl)c2F)nc(N)c1F. The molecule has 1 heterocycles. The van der Waals surface area contributed by atoms with Crippen LogP contribution in [0.25, 0.3) is 0 Å². The van der Waals surface area contributed by atoms with E-state index in [9.17, 15) is 8.78 Å². The number of nitrogens with two attached hydrogens (primary N) is 1. The van der Waals surface area contributed by atoms with Gasteiger partial charge < -0.3 is 5.73 Å². The van der Waals surface area contributed by atoms with Crippen molar-refractivity contribution in [3.05, 3.63) is 51.9 Å². The van der Waals surface area contributed by atoms with Gasteiger partial charge in [0, 0.05) is 6.42 Å². The second kappa shape index (κ2) is 4.86. The summed E-state index contributed by atoms with van der Waals surface area (Å²) in [5.74, 6) is -1.15. The average molecular weight is 270 g/mol. The van der Waals surface area contributed by atoms with Crippen molar-refractivity contribution in [2.75, 3.05) is 5.73 Å². The van der Waals surface area contributed by atoms with E-state index < -0.39 is 11.6 Å². The number of nitrogen functional groups attached to an aromatic ring is 1. The van der Waals surface area contributed by atoms with Crippen LogP contribution in [0.4, 0.5) is 14.6 Å². The monoisotopic (exact) mass is 269 g/mol. The molecule has 18 heavy (non-hydrogen) atoms. The van der Waals surface area contributed by atoms with Crippen molar-refractivity contribution in [2.24, 2.45) is 0 Å². The third-order valence-corrected chi connectivity index (χ3v) is 2.76. The summed E-state index contributed by atoms with van der Waals surface area (Å²) in [4.78, 5) is 7.71. The molecule has 0 aliphatic heterocycles. The van der Waals surface area contributed by atoms with Crippen LogP contribution < -0.4 is 5.73 Å². The number of benzene rings is 1. The normalized spacial score (nSPS) is 10.7. The summed E-state index contributed by atoms with van der Waals surface area (Å²) >= 11 is 5.67. The Kier molecular flexibility index (Phi) is 3.43. The van der Waals surface area contributed by atoms with E-state index in [4.69, 9.17) is 17.3 Å². The fourth-order valence-electron chi connectivity index (χ4n) is 1.58. The van der Waals surface area contributed by atoms with Crippen LogP contribution in [0.15, 0.2) is 18.2 Å². The van der Waals surface area contributed by atoms with Gasteiger partial charge in [-0.3, -0.25) is 0 Å². The van der Waals surface area contributed by atoms with E-state index in [2.05, 4.69) is 9.97 Å². The summed E-state index contributed by atoms with van der Waals surface area (Å²) in [7, 11) is 0. The molecule has 0 bridgehead atoms. The molecule has 0 aliphatic rings. The molecule has 1 aromatic carbocycles. The van der Waals surface area contributed by atoms with Gasteiger partial charge in [-0.15, -0.1) is 0 Å². The van der Waals surface area contributed by atoms with Crippen molar-refractivity contribution < 1.29 is 8.78 Å². The first kappa shape index (κ1) is 12.7. The zero-order chi connectivity index (χ0) is 13.3. The first-order chi connectivity index (χ1) is 8.49. The van der Waals surface area contributed by atoms with Crippen molar-refractivity contribution in [3.8, 4) is 0 Å². The number of aryl methyl sites for hydroxylation is 1. The van der Waals surface area contributed by atoms with Gasteiger partial charge in [0.15, 0.2) is 11.6 Å². The lowest BCUT2D eigenvalue weighted by molar-refractivity contribution is 0.598. The lowest BCUT2D eigenvalue weighted by atomic mass is 10.1. The quantitative estimate of drug-likeness (QED) is 0.912. The second-order valence-corrected chi connectivity index (χ2v) is 4.22. The van der Waals surface area contributed by atoms with Crippen molar-refractivity contribution in [1.82, 2.24) is 9.97 Å². The van der Waals surface area contributed by atoms with Crippen LogP contribution in [-0.4, -0.2) is 9.97 Å². The maximum Gasteiger partial charge on any atom is 0.186 e. The first-order valence-electron chi connectivity index (χ1n) is 5.20. The van der Waals surface area contributed by atoms with Gasteiger partial charge in [0.25, 0.3) is 0 Å². The van der Waals surface area contributed by atoms with Crippen molar-refractivity contribution in [3.63, 3.8) is 0 Å². The number of hydrogen-bond acceptors (Lipinski definition) is 3. The van der Waals surface area contributed by atoms with Gasteiger partial charge in [0.05, 0.1) is 10.7 Å². The summed E-state index contributed by atoms with van der Waals surface area (Å²) in [5, 5.41) is 0.0271. The van der Waals surface area contributed by atoms with E-state index in [0.29, 0.717) is 5.56 Å². The highest BCUT2D eigenvalue weighted by molar-refractivity contribution is 6.30. The standard InChI is InChI=1S/C12H10ClF2N3/c1-6-10(14)12(16)18-9(17-6)5-7-3-2-4-8(13)11(7)15/h2-4H,5H2,1H3,(H2,16,17,18). The zero-order valence-electron chi connectivity index (χ0n) is 9.54. The predicted molar refractivity (Wildman–Crippen MR) is 65.4 cm³/mol. The molecule has 2 rings (SSSR count). The number of aromatic nitrogens is 2. The van der Waals surface area contributed by atoms with Crippen molar-refractivity contribution >= 4 is 17.4 Å². The molecule has 0 spiro atoms. The van der Waals surface area contributed by atoms with Crippen LogP contribution in [0, 0.1) is 18.6 Å². The molecule has 3 nitrogen and oxygen atoms in total. The van der Waals surface area contributed by atoms with Crippen molar-refractivity contribution in [1.29, 1.82) is 0 Å². The highest BCUT2D eigenvalue weighted by atomic mass is 35.5. The molecule has 0 saturated carbocycles. The fraction of sp³-hybridized carbons (Fsp3) is 0.167. The Morgan fingerprint density at radius 2 is 1.94 bits per heavy atom. The smallest absolute Gasteiger partial charge is 0.186 e. The lowest BCUT2D eigenvalue weighted by Crippen LogP contribution is -2.07. The van der Waals surface area contributed by atoms with E-state index >= 15 is 0 Å². The van der Waals surface area contributed by atoms with Gasteiger partial charge in [-0.05, 0) is 18.6 Å². The van der Waals surface area contributed by atoms with Crippen LogP contribution in [0.5, 0.6) is 0 Å². The summed E-state index contributed by atoms with van der Waals surface area (Å²) in [6, 6.07) is 4.64. The van der Waals surface area contributed by atoms with Gasteiger partial charge in [-0.1, -0.05) is 23.7 Å². The number of hydrogen-bond donors (Lipinski definition) is 1. The molecule has 0 amide bonds. The minimum absolute atomic E-state index is 0.0271. The number of nitrogens with zero attached hydrogens (tertiary/aromatic N) is 2. The Balaban J connectivity index is 2.37. The minimum Gasteiger partial charge on any atom is -0.381 e. The largest absolute Gasteiger partial charge is 0.381 e. The Labute approximate surface area is 108 Å². The molecule has 0 radical (unpaired) electrons. The minimum atomic E-state index is -0.648. The van der Waals surface area contributed by atoms with Crippen molar-refractivity contribution in [2.45, 2.75) is 13.3 Å².